The van der Waals surface area contributed by atoms with E-state index in [1.807, 2.05) is 4.90 Å². The van der Waals surface area contributed by atoms with Crippen LogP contribution in [0.4, 0.5) is 5.69 Å². The SMILES string of the molecule is O=S(=O)(c1ccc(Cl)c(Cl)c1)N1CCN(c2c(Cl)cccc2Cl)CC1. The fraction of sp³-hybridized carbons (Fsp3) is 0.250. The Bertz CT molecular complexity index is 877. The highest BCUT2D eigenvalue weighted by Gasteiger charge is 2.30. The number of hydrogen-bond donors (Lipinski definition) is 0. The van der Waals surface area contributed by atoms with E-state index in [9.17, 15) is 8.42 Å². The van der Waals surface area contributed by atoms with Crippen LogP contribution in [0.25, 0.3) is 0 Å². The van der Waals surface area contributed by atoms with Crippen LogP contribution in [0.3, 0.4) is 0 Å². The van der Waals surface area contributed by atoms with Crippen LogP contribution in [0.1, 0.15) is 0 Å². The molecule has 1 fully saturated rings. The van der Waals surface area contributed by atoms with Crippen molar-refractivity contribution in [3.63, 3.8) is 0 Å². The monoisotopic (exact) mass is 438 g/mol. The van der Waals surface area contributed by atoms with Crippen LogP contribution in [-0.4, -0.2) is 38.9 Å². The van der Waals surface area contributed by atoms with Gasteiger partial charge in [0.2, 0.25) is 10.0 Å². The zero-order valence-electron chi connectivity index (χ0n) is 12.9. The number of para-hydroxylation sites is 1. The maximum Gasteiger partial charge on any atom is 0.243 e. The average Bonchev–Trinajstić information content (AvgIpc) is 2.57. The van der Waals surface area contributed by atoms with Gasteiger partial charge >= 0.3 is 0 Å². The van der Waals surface area contributed by atoms with Gasteiger partial charge in [-0.25, -0.2) is 8.42 Å². The minimum atomic E-state index is -3.63. The summed E-state index contributed by atoms with van der Waals surface area (Å²) < 4.78 is 27.0. The molecule has 1 aliphatic heterocycles. The number of sulfonamides is 1. The van der Waals surface area contributed by atoms with Crippen LogP contribution in [-0.2, 0) is 10.0 Å². The molecule has 3 rings (SSSR count). The third-order valence-electron chi connectivity index (χ3n) is 4.02. The Balaban J connectivity index is 1.78. The highest BCUT2D eigenvalue weighted by Crippen LogP contribution is 2.34. The molecule has 4 nitrogen and oxygen atoms in total. The quantitative estimate of drug-likeness (QED) is 0.688. The van der Waals surface area contributed by atoms with Crippen molar-refractivity contribution in [3.05, 3.63) is 56.5 Å². The summed E-state index contributed by atoms with van der Waals surface area (Å²) in [6.45, 7) is 1.63. The number of hydrogen-bond acceptors (Lipinski definition) is 3. The summed E-state index contributed by atoms with van der Waals surface area (Å²) in [5, 5.41) is 1.63. The Morgan fingerprint density at radius 3 is 1.92 bits per heavy atom. The number of anilines is 1. The molecular weight excluding hydrogens is 426 g/mol. The topological polar surface area (TPSA) is 40.6 Å². The molecule has 0 amide bonds. The molecule has 1 aliphatic rings. The van der Waals surface area contributed by atoms with E-state index in [0.29, 0.717) is 41.2 Å². The molecule has 1 heterocycles. The van der Waals surface area contributed by atoms with E-state index >= 15 is 0 Å². The lowest BCUT2D eigenvalue weighted by Crippen LogP contribution is -2.48. The lowest BCUT2D eigenvalue weighted by molar-refractivity contribution is 0.385. The molecule has 0 radical (unpaired) electrons. The molecule has 1 saturated heterocycles. The van der Waals surface area contributed by atoms with Crippen molar-refractivity contribution in [3.8, 4) is 0 Å². The maximum atomic E-state index is 12.8. The third-order valence-corrected chi connectivity index (χ3v) is 7.26. The van der Waals surface area contributed by atoms with Gasteiger partial charge in [0.1, 0.15) is 0 Å². The van der Waals surface area contributed by atoms with Gasteiger partial charge in [-0.2, -0.15) is 4.31 Å². The standard InChI is InChI=1S/C16H14Cl4N2O2S/c17-12-5-4-11(10-15(12)20)25(23,24)22-8-6-21(7-9-22)16-13(18)2-1-3-14(16)19/h1-5,10H,6-9H2. The highest BCUT2D eigenvalue weighted by molar-refractivity contribution is 7.89. The van der Waals surface area contributed by atoms with Gasteiger partial charge in [-0.1, -0.05) is 52.5 Å². The van der Waals surface area contributed by atoms with E-state index in [-0.39, 0.29) is 9.92 Å². The van der Waals surface area contributed by atoms with Gasteiger partial charge < -0.3 is 4.90 Å². The first-order valence-corrected chi connectivity index (χ1v) is 10.4. The average molecular weight is 440 g/mol. The summed E-state index contributed by atoms with van der Waals surface area (Å²) in [6, 6.07) is 9.62. The van der Waals surface area contributed by atoms with E-state index < -0.39 is 10.0 Å². The first kappa shape index (κ1) is 19.1. The molecule has 9 heteroatoms. The molecule has 134 valence electrons. The summed E-state index contributed by atoms with van der Waals surface area (Å²) in [7, 11) is -3.63. The van der Waals surface area contributed by atoms with Gasteiger partial charge in [0, 0.05) is 26.2 Å². The number of halogens is 4. The second-order valence-electron chi connectivity index (χ2n) is 5.54. The molecule has 0 unspecified atom stereocenters. The fourth-order valence-electron chi connectivity index (χ4n) is 2.73. The lowest BCUT2D eigenvalue weighted by atomic mass is 10.2. The minimum absolute atomic E-state index is 0.131. The Labute approximate surface area is 166 Å². The van der Waals surface area contributed by atoms with Crippen molar-refractivity contribution >= 4 is 62.1 Å². The minimum Gasteiger partial charge on any atom is -0.366 e. The van der Waals surface area contributed by atoms with Gasteiger partial charge in [0.25, 0.3) is 0 Å². The Hall–Kier alpha value is -0.690. The lowest BCUT2D eigenvalue weighted by Gasteiger charge is -2.36. The van der Waals surface area contributed by atoms with Gasteiger partial charge in [-0.05, 0) is 30.3 Å². The Morgan fingerprint density at radius 1 is 0.760 bits per heavy atom. The van der Waals surface area contributed by atoms with Crippen LogP contribution in [0.15, 0.2) is 41.3 Å². The maximum absolute atomic E-state index is 12.8. The second kappa shape index (κ2) is 7.51. The van der Waals surface area contributed by atoms with Gasteiger partial charge in [0.15, 0.2) is 0 Å². The normalized spacial score (nSPS) is 16.2. The molecule has 0 bridgehead atoms. The molecule has 0 spiro atoms. The molecule has 0 saturated carbocycles. The van der Waals surface area contributed by atoms with Crippen LogP contribution in [0.2, 0.25) is 20.1 Å². The smallest absolute Gasteiger partial charge is 0.243 e. The van der Waals surface area contributed by atoms with Crippen molar-refractivity contribution in [2.45, 2.75) is 4.90 Å². The highest BCUT2D eigenvalue weighted by atomic mass is 35.5. The molecule has 2 aromatic carbocycles. The van der Waals surface area contributed by atoms with Crippen LogP contribution in [0, 0.1) is 0 Å². The summed E-state index contributed by atoms with van der Waals surface area (Å²) in [5.41, 5.74) is 0.734. The summed E-state index contributed by atoms with van der Waals surface area (Å²) >= 11 is 24.3. The Morgan fingerprint density at radius 2 is 1.36 bits per heavy atom. The van der Waals surface area contributed by atoms with E-state index in [1.54, 1.807) is 18.2 Å². The van der Waals surface area contributed by atoms with Gasteiger partial charge in [-0.15, -0.1) is 0 Å². The summed E-state index contributed by atoms with van der Waals surface area (Å²) in [6.07, 6.45) is 0. The third kappa shape index (κ3) is 3.87. The number of nitrogens with zero attached hydrogens (tertiary/aromatic N) is 2. The van der Waals surface area contributed by atoms with E-state index in [1.165, 1.54) is 22.5 Å². The first-order valence-electron chi connectivity index (χ1n) is 7.45. The summed E-state index contributed by atoms with van der Waals surface area (Å²) in [5.74, 6) is 0. The van der Waals surface area contributed by atoms with E-state index in [2.05, 4.69) is 0 Å². The van der Waals surface area contributed by atoms with Gasteiger partial charge in [-0.3, -0.25) is 0 Å². The largest absolute Gasteiger partial charge is 0.366 e. The zero-order chi connectivity index (χ0) is 18.2. The molecule has 0 atom stereocenters. The molecular formula is C16H14Cl4N2O2S. The van der Waals surface area contributed by atoms with Crippen LogP contribution < -0.4 is 4.90 Å². The first-order chi connectivity index (χ1) is 11.8. The van der Waals surface area contributed by atoms with E-state index in [4.69, 9.17) is 46.4 Å². The van der Waals surface area contributed by atoms with Crippen molar-refractivity contribution in [1.29, 1.82) is 0 Å². The molecule has 0 aromatic heterocycles. The number of benzene rings is 2. The number of rotatable bonds is 3. The van der Waals surface area contributed by atoms with Crippen molar-refractivity contribution in [2.24, 2.45) is 0 Å². The molecule has 0 N–H and O–H groups in total. The molecule has 25 heavy (non-hydrogen) atoms. The van der Waals surface area contributed by atoms with Crippen molar-refractivity contribution in [1.82, 2.24) is 4.31 Å². The predicted molar refractivity (Wildman–Crippen MR) is 104 cm³/mol. The predicted octanol–water partition coefficient (Wildman–Crippen LogP) is 4.81. The Kier molecular flexibility index (Phi) is 5.73. The fourth-order valence-corrected chi connectivity index (χ4v) is 5.18. The van der Waals surface area contributed by atoms with E-state index in [0.717, 1.165) is 5.69 Å². The molecule has 2 aromatic rings. The molecule has 0 aliphatic carbocycles. The van der Waals surface area contributed by atoms with Crippen molar-refractivity contribution in [2.75, 3.05) is 31.1 Å². The van der Waals surface area contributed by atoms with Crippen LogP contribution >= 0.6 is 46.4 Å². The zero-order valence-corrected chi connectivity index (χ0v) is 16.8. The van der Waals surface area contributed by atoms with Gasteiger partial charge in [0.05, 0.1) is 30.7 Å². The summed E-state index contributed by atoms with van der Waals surface area (Å²) in [4.78, 5) is 2.12. The number of piperazine rings is 1. The van der Waals surface area contributed by atoms with Crippen LogP contribution in [0.5, 0.6) is 0 Å². The second-order valence-corrected chi connectivity index (χ2v) is 9.10. The van der Waals surface area contributed by atoms with Crippen molar-refractivity contribution < 1.29 is 8.42 Å².